The van der Waals surface area contributed by atoms with E-state index in [9.17, 15) is 19.5 Å². The average molecular weight is 451 g/mol. The molecule has 3 unspecified atom stereocenters. The van der Waals surface area contributed by atoms with Crippen molar-refractivity contribution in [3.63, 3.8) is 0 Å². The summed E-state index contributed by atoms with van der Waals surface area (Å²) in [6.45, 7) is 4.13. The standard InChI is InChI=1S/C26H30N2O5/c1-3-17-12-13-28(23(14-17)25(30)31)24(29)16(2)27-26(32)33-15-22-20-10-6-4-8-18(20)19-9-5-7-11-21(19)22/h4-11,16-17,22-23H,3,12-15H2,1-2H3,(H,27,32)(H,30,31). The third kappa shape index (κ3) is 4.58. The number of nitrogens with zero attached hydrogens (tertiary/aromatic N) is 1. The highest BCUT2D eigenvalue weighted by molar-refractivity contribution is 5.89. The Morgan fingerprint density at radius 3 is 2.27 bits per heavy atom. The summed E-state index contributed by atoms with van der Waals surface area (Å²) in [4.78, 5) is 38.5. The van der Waals surface area contributed by atoms with Crippen LogP contribution in [0.3, 0.4) is 0 Å². The highest BCUT2D eigenvalue weighted by Gasteiger charge is 2.37. The number of piperidine rings is 1. The van der Waals surface area contributed by atoms with Gasteiger partial charge >= 0.3 is 12.1 Å². The number of ether oxygens (including phenoxy) is 1. The summed E-state index contributed by atoms with van der Waals surface area (Å²) in [5, 5.41) is 12.2. The molecule has 0 aromatic heterocycles. The number of benzene rings is 2. The van der Waals surface area contributed by atoms with Gasteiger partial charge in [-0.3, -0.25) is 4.79 Å². The number of fused-ring (bicyclic) bond motifs is 3. The number of aliphatic carboxylic acids is 1. The van der Waals surface area contributed by atoms with Gasteiger partial charge in [0.1, 0.15) is 18.7 Å². The summed E-state index contributed by atoms with van der Waals surface area (Å²) in [6, 6.07) is 14.4. The van der Waals surface area contributed by atoms with Crippen LogP contribution in [0.15, 0.2) is 48.5 Å². The molecule has 3 atom stereocenters. The molecule has 174 valence electrons. The number of carbonyl (C=O) groups is 3. The van der Waals surface area contributed by atoms with Gasteiger partial charge in [0.05, 0.1) is 0 Å². The number of alkyl carbamates (subject to hydrolysis) is 1. The smallest absolute Gasteiger partial charge is 0.407 e. The minimum absolute atomic E-state index is 0.0707. The Morgan fingerprint density at radius 1 is 1.09 bits per heavy atom. The van der Waals surface area contributed by atoms with Crippen LogP contribution in [0.1, 0.15) is 50.2 Å². The van der Waals surface area contributed by atoms with Gasteiger partial charge in [0.2, 0.25) is 5.91 Å². The molecule has 1 aliphatic heterocycles. The predicted molar refractivity (Wildman–Crippen MR) is 124 cm³/mol. The van der Waals surface area contributed by atoms with Crippen molar-refractivity contribution in [2.24, 2.45) is 5.92 Å². The van der Waals surface area contributed by atoms with E-state index < -0.39 is 30.1 Å². The van der Waals surface area contributed by atoms with Gasteiger partial charge < -0.3 is 20.1 Å². The maximum Gasteiger partial charge on any atom is 0.407 e. The number of hydrogen-bond donors (Lipinski definition) is 2. The SMILES string of the molecule is CCC1CCN(C(=O)C(C)NC(=O)OCC2c3ccccc3-c3ccccc32)C(C(=O)O)C1. The van der Waals surface area contributed by atoms with E-state index in [1.165, 1.54) is 4.90 Å². The molecule has 0 spiro atoms. The summed E-state index contributed by atoms with van der Waals surface area (Å²) in [6.07, 6.45) is 1.41. The number of carboxylic acids is 1. The summed E-state index contributed by atoms with van der Waals surface area (Å²) >= 11 is 0. The first-order valence-corrected chi connectivity index (χ1v) is 11.6. The fourth-order valence-electron chi connectivity index (χ4n) is 5.03. The summed E-state index contributed by atoms with van der Waals surface area (Å²) in [7, 11) is 0. The van der Waals surface area contributed by atoms with Crippen molar-refractivity contribution < 1.29 is 24.2 Å². The van der Waals surface area contributed by atoms with Crippen molar-refractivity contribution >= 4 is 18.0 Å². The van der Waals surface area contributed by atoms with E-state index in [-0.39, 0.29) is 12.5 Å². The number of amides is 2. The highest BCUT2D eigenvalue weighted by Crippen LogP contribution is 2.44. The second-order valence-corrected chi connectivity index (χ2v) is 8.88. The predicted octanol–water partition coefficient (Wildman–Crippen LogP) is 4.02. The molecule has 1 heterocycles. The minimum atomic E-state index is -1.00. The van der Waals surface area contributed by atoms with Crippen LogP contribution in [-0.2, 0) is 14.3 Å². The van der Waals surface area contributed by atoms with Gasteiger partial charge in [0.25, 0.3) is 0 Å². The van der Waals surface area contributed by atoms with E-state index in [0.29, 0.717) is 18.9 Å². The molecule has 2 aromatic rings. The van der Waals surface area contributed by atoms with Crippen LogP contribution < -0.4 is 5.32 Å². The van der Waals surface area contributed by atoms with E-state index in [1.807, 2.05) is 43.3 Å². The Balaban J connectivity index is 1.37. The van der Waals surface area contributed by atoms with Crippen LogP contribution >= 0.6 is 0 Å². The van der Waals surface area contributed by atoms with Crippen molar-refractivity contribution in [2.45, 2.75) is 51.1 Å². The Labute approximate surface area is 193 Å². The van der Waals surface area contributed by atoms with Gasteiger partial charge in [-0.05, 0) is 47.9 Å². The Bertz CT molecular complexity index is 1010. The van der Waals surface area contributed by atoms with E-state index in [2.05, 4.69) is 17.4 Å². The van der Waals surface area contributed by atoms with Crippen molar-refractivity contribution in [1.29, 1.82) is 0 Å². The monoisotopic (exact) mass is 450 g/mol. The molecule has 33 heavy (non-hydrogen) atoms. The molecule has 0 saturated carbocycles. The lowest BCUT2D eigenvalue weighted by atomic mass is 9.88. The third-order valence-electron chi connectivity index (χ3n) is 6.91. The van der Waals surface area contributed by atoms with E-state index in [4.69, 9.17) is 4.74 Å². The molecular weight excluding hydrogens is 420 g/mol. The van der Waals surface area contributed by atoms with Gasteiger partial charge in [0.15, 0.2) is 0 Å². The first-order valence-electron chi connectivity index (χ1n) is 11.6. The van der Waals surface area contributed by atoms with E-state index in [0.717, 1.165) is 35.1 Å². The quantitative estimate of drug-likeness (QED) is 0.693. The first kappa shape index (κ1) is 22.8. The van der Waals surface area contributed by atoms with Crippen LogP contribution in [0, 0.1) is 5.92 Å². The van der Waals surface area contributed by atoms with E-state index >= 15 is 0 Å². The van der Waals surface area contributed by atoms with Gasteiger partial charge in [-0.25, -0.2) is 9.59 Å². The molecule has 7 nitrogen and oxygen atoms in total. The average Bonchev–Trinajstić information content (AvgIpc) is 3.15. The number of hydrogen-bond acceptors (Lipinski definition) is 4. The zero-order valence-electron chi connectivity index (χ0n) is 19.0. The molecule has 2 aliphatic rings. The van der Waals surface area contributed by atoms with E-state index in [1.54, 1.807) is 6.92 Å². The molecule has 2 aromatic carbocycles. The van der Waals surface area contributed by atoms with Crippen LogP contribution in [0.2, 0.25) is 0 Å². The Hall–Kier alpha value is -3.35. The number of likely N-dealkylation sites (tertiary alicyclic amines) is 1. The zero-order chi connectivity index (χ0) is 23.5. The zero-order valence-corrected chi connectivity index (χ0v) is 19.0. The number of carboxylic acid groups (broad SMARTS) is 1. The summed E-state index contributed by atoms with van der Waals surface area (Å²) in [5.74, 6) is -1.18. The normalized spacial score (nSPS) is 20.5. The lowest BCUT2D eigenvalue weighted by molar-refractivity contribution is -0.153. The molecule has 1 aliphatic carbocycles. The molecule has 0 bridgehead atoms. The Kier molecular flexibility index (Phi) is 6.67. The number of nitrogens with one attached hydrogen (secondary N) is 1. The molecule has 2 amide bonds. The maximum atomic E-state index is 12.9. The fraction of sp³-hybridized carbons (Fsp3) is 0.423. The highest BCUT2D eigenvalue weighted by atomic mass is 16.5. The van der Waals surface area contributed by atoms with Gasteiger partial charge in [-0.2, -0.15) is 0 Å². The van der Waals surface area contributed by atoms with Crippen LogP contribution in [-0.4, -0.2) is 53.2 Å². The van der Waals surface area contributed by atoms with Gasteiger partial charge in [-0.1, -0.05) is 61.9 Å². The largest absolute Gasteiger partial charge is 0.480 e. The third-order valence-corrected chi connectivity index (χ3v) is 6.91. The van der Waals surface area contributed by atoms with Crippen LogP contribution in [0.5, 0.6) is 0 Å². The van der Waals surface area contributed by atoms with Gasteiger partial charge in [0, 0.05) is 12.5 Å². The minimum Gasteiger partial charge on any atom is -0.480 e. The van der Waals surface area contributed by atoms with Crippen LogP contribution in [0.25, 0.3) is 11.1 Å². The Morgan fingerprint density at radius 2 is 1.70 bits per heavy atom. The van der Waals surface area contributed by atoms with Crippen molar-refractivity contribution in [3.05, 3.63) is 59.7 Å². The molecule has 1 saturated heterocycles. The maximum absolute atomic E-state index is 12.9. The molecule has 2 N–H and O–H groups in total. The molecule has 0 radical (unpaired) electrons. The lowest BCUT2D eigenvalue weighted by Crippen LogP contribution is -2.55. The van der Waals surface area contributed by atoms with Crippen molar-refractivity contribution in [2.75, 3.05) is 13.2 Å². The summed E-state index contributed by atoms with van der Waals surface area (Å²) in [5.41, 5.74) is 4.50. The van der Waals surface area contributed by atoms with Crippen LogP contribution in [0.4, 0.5) is 4.79 Å². The van der Waals surface area contributed by atoms with Crippen molar-refractivity contribution in [1.82, 2.24) is 10.2 Å². The summed E-state index contributed by atoms with van der Waals surface area (Å²) < 4.78 is 5.52. The molecule has 7 heteroatoms. The number of carbonyl (C=O) groups excluding carboxylic acids is 2. The lowest BCUT2D eigenvalue weighted by Gasteiger charge is -2.38. The second kappa shape index (κ2) is 9.65. The molecular formula is C26H30N2O5. The fourth-order valence-corrected chi connectivity index (χ4v) is 5.03. The second-order valence-electron chi connectivity index (χ2n) is 8.88. The van der Waals surface area contributed by atoms with Crippen molar-refractivity contribution in [3.8, 4) is 11.1 Å². The topological polar surface area (TPSA) is 95.9 Å². The molecule has 4 rings (SSSR count). The first-order chi connectivity index (χ1) is 15.9. The number of rotatable bonds is 6. The van der Waals surface area contributed by atoms with Gasteiger partial charge in [-0.15, -0.1) is 0 Å². The molecule has 1 fully saturated rings.